The number of carbonyl (C=O) groups excluding carboxylic acids is 1. The molecule has 1 N–H and O–H groups in total. The quantitative estimate of drug-likeness (QED) is 0.939. The Morgan fingerprint density at radius 2 is 2.00 bits per heavy atom. The lowest BCUT2D eigenvalue weighted by Gasteiger charge is -2.10. The predicted molar refractivity (Wildman–Crippen MR) is 76.5 cm³/mol. The Bertz CT molecular complexity index is 665. The summed E-state index contributed by atoms with van der Waals surface area (Å²) in [5, 5.41) is 6.51. The van der Waals surface area contributed by atoms with Crippen LogP contribution in [0.5, 0.6) is 0 Å². The Kier molecular flexibility index (Phi) is 4.35. The van der Waals surface area contributed by atoms with Gasteiger partial charge in [-0.05, 0) is 44.0 Å². The van der Waals surface area contributed by atoms with E-state index in [1.807, 2.05) is 32.0 Å². The number of rotatable bonds is 4. The average molecular weight is 293 g/mol. The lowest BCUT2D eigenvalue weighted by atomic mass is 10.1. The molecule has 1 aromatic heterocycles. The van der Waals surface area contributed by atoms with Gasteiger partial charge in [0.2, 0.25) is 5.91 Å². The second-order valence-electron chi connectivity index (χ2n) is 5.04. The number of nitrogens with one attached hydrogen (secondary N) is 1. The van der Waals surface area contributed by atoms with Gasteiger partial charge in [-0.1, -0.05) is 12.1 Å². The number of alkyl halides is 2. The van der Waals surface area contributed by atoms with Crippen LogP contribution in [-0.4, -0.2) is 15.7 Å². The second-order valence-corrected chi connectivity index (χ2v) is 5.04. The van der Waals surface area contributed by atoms with Gasteiger partial charge in [-0.15, -0.1) is 0 Å². The molecule has 0 saturated carbocycles. The van der Waals surface area contributed by atoms with Gasteiger partial charge in [0.05, 0.1) is 0 Å². The zero-order chi connectivity index (χ0) is 15.6. The molecule has 6 heteroatoms. The first-order valence-electron chi connectivity index (χ1n) is 6.56. The molecule has 0 unspecified atom stereocenters. The number of anilines is 1. The third-order valence-corrected chi connectivity index (χ3v) is 3.18. The van der Waals surface area contributed by atoms with Crippen LogP contribution in [0.3, 0.4) is 0 Å². The van der Waals surface area contributed by atoms with Crippen molar-refractivity contribution in [1.29, 1.82) is 0 Å². The maximum Gasteiger partial charge on any atom is 0.282 e. The molecule has 1 aromatic carbocycles. The third-order valence-electron chi connectivity index (χ3n) is 3.18. The van der Waals surface area contributed by atoms with Gasteiger partial charge in [0, 0.05) is 11.4 Å². The lowest BCUT2D eigenvalue weighted by molar-refractivity contribution is -0.117. The molecule has 0 aliphatic rings. The van der Waals surface area contributed by atoms with Gasteiger partial charge in [-0.2, -0.15) is 5.10 Å². The average Bonchev–Trinajstić information content (AvgIpc) is 2.75. The van der Waals surface area contributed by atoms with Crippen LogP contribution in [-0.2, 0) is 11.3 Å². The fraction of sp³-hybridized carbons (Fsp3) is 0.333. The fourth-order valence-electron chi connectivity index (χ4n) is 2.00. The Balaban J connectivity index is 2.10. The highest BCUT2D eigenvalue weighted by Crippen LogP contribution is 2.19. The molecule has 0 aliphatic carbocycles. The van der Waals surface area contributed by atoms with E-state index in [0.717, 1.165) is 16.8 Å². The van der Waals surface area contributed by atoms with Gasteiger partial charge in [-0.3, -0.25) is 9.48 Å². The number of nitrogens with zero attached hydrogens (tertiary/aromatic N) is 2. The van der Waals surface area contributed by atoms with Crippen LogP contribution < -0.4 is 5.32 Å². The molecule has 0 radical (unpaired) electrons. The van der Waals surface area contributed by atoms with Gasteiger partial charge in [0.25, 0.3) is 6.43 Å². The number of halogens is 2. The number of amides is 1. The van der Waals surface area contributed by atoms with Crippen molar-refractivity contribution < 1.29 is 13.6 Å². The highest BCUT2D eigenvalue weighted by atomic mass is 19.3. The summed E-state index contributed by atoms with van der Waals surface area (Å²) in [7, 11) is 0. The number of aryl methyl sites for hydroxylation is 3. The smallest absolute Gasteiger partial charge is 0.282 e. The first-order valence-corrected chi connectivity index (χ1v) is 6.56. The van der Waals surface area contributed by atoms with Crippen molar-refractivity contribution in [2.75, 3.05) is 5.32 Å². The SMILES string of the molecule is Cc1ccc(C)c(NC(=O)Cn2nc(C(F)F)cc2C)c1. The zero-order valence-corrected chi connectivity index (χ0v) is 12.2. The molecule has 0 spiro atoms. The van der Waals surface area contributed by atoms with Crippen LogP contribution in [0.25, 0.3) is 0 Å². The normalized spacial score (nSPS) is 11.0. The molecule has 2 rings (SSSR count). The third kappa shape index (κ3) is 3.65. The molecule has 0 bridgehead atoms. The van der Waals surface area contributed by atoms with Crippen molar-refractivity contribution in [3.8, 4) is 0 Å². The largest absolute Gasteiger partial charge is 0.324 e. The minimum Gasteiger partial charge on any atom is -0.324 e. The highest BCUT2D eigenvalue weighted by Gasteiger charge is 2.15. The van der Waals surface area contributed by atoms with Crippen molar-refractivity contribution in [3.05, 3.63) is 46.8 Å². The molecular weight excluding hydrogens is 276 g/mol. The molecule has 1 amide bonds. The van der Waals surface area contributed by atoms with E-state index in [1.54, 1.807) is 6.92 Å². The standard InChI is InChI=1S/C15H17F2N3O/c1-9-4-5-10(2)12(6-9)18-14(21)8-20-11(3)7-13(19-20)15(16)17/h4-7,15H,8H2,1-3H3,(H,18,21). The van der Waals surface area contributed by atoms with Gasteiger partial charge in [-0.25, -0.2) is 8.78 Å². The molecule has 21 heavy (non-hydrogen) atoms. The van der Waals surface area contributed by atoms with E-state index in [9.17, 15) is 13.6 Å². The number of aromatic nitrogens is 2. The van der Waals surface area contributed by atoms with Gasteiger partial charge in [0.1, 0.15) is 12.2 Å². The van der Waals surface area contributed by atoms with Gasteiger partial charge >= 0.3 is 0 Å². The lowest BCUT2D eigenvalue weighted by Crippen LogP contribution is -2.20. The van der Waals surface area contributed by atoms with Crippen LogP contribution in [0.15, 0.2) is 24.3 Å². The van der Waals surface area contributed by atoms with Crippen LogP contribution in [0.4, 0.5) is 14.5 Å². The summed E-state index contributed by atoms with van der Waals surface area (Å²) in [5.41, 5.74) is 2.91. The minimum absolute atomic E-state index is 0.0913. The van der Waals surface area contributed by atoms with Crippen molar-refractivity contribution in [2.45, 2.75) is 33.7 Å². The van der Waals surface area contributed by atoms with Crippen molar-refractivity contribution in [1.82, 2.24) is 9.78 Å². The molecule has 112 valence electrons. The Morgan fingerprint density at radius 3 is 2.62 bits per heavy atom. The Morgan fingerprint density at radius 1 is 1.29 bits per heavy atom. The van der Waals surface area contributed by atoms with E-state index in [2.05, 4.69) is 10.4 Å². The van der Waals surface area contributed by atoms with E-state index in [0.29, 0.717) is 5.69 Å². The fourth-order valence-corrected chi connectivity index (χ4v) is 2.00. The number of benzene rings is 1. The predicted octanol–water partition coefficient (Wildman–Crippen LogP) is 3.38. The van der Waals surface area contributed by atoms with Crippen LogP contribution in [0.2, 0.25) is 0 Å². The molecule has 0 fully saturated rings. The molecule has 1 heterocycles. The highest BCUT2D eigenvalue weighted by molar-refractivity contribution is 5.91. The molecule has 0 atom stereocenters. The van der Waals surface area contributed by atoms with Crippen molar-refractivity contribution in [2.24, 2.45) is 0 Å². The van der Waals surface area contributed by atoms with E-state index >= 15 is 0 Å². The maximum absolute atomic E-state index is 12.6. The topological polar surface area (TPSA) is 46.9 Å². The van der Waals surface area contributed by atoms with E-state index in [-0.39, 0.29) is 18.1 Å². The van der Waals surface area contributed by atoms with Gasteiger partial charge in [0.15, 0.2) is 0 Å². The van der Waals surface area contributed by atoms with E-state index in [4.69, 9.17) is 0 Å². The molecule has 0 saturated heterocycles. The molecule has 0 aliphatic heterocycles. The van der Waals surface area contributed by atoms with E-state index < -0.39 is 6.43 Å². The van der Waals surface area contributed by atoms with Crippen molar-refractivity contribution >= 4 is 11.6 Å². The summed E-state index contributed by atoms with van der Waals surface area (Å²) >= 11 is 0. The Labute approximate surface area is 121 Å². The van der Waals surface area contributed by atoms with Crippen molar-refractivity contribution in [3.63, 3.8) is 0 Å². The molecule has 4 nitrogen and oxygen atoms in total. The summed E-state index contributed by atoms with van der Waals surface area (Å²) in [6, 6.07) is 7.03. The van der Waals surface area contributed by atoms with Crippen LogP contribution >= 0.6 is 0 Å². The van der Waals surface area contributed by atoms with E-state index in [1.165, 1.54) is 10.7 Å². The Hall–Kier alpha value is -2.24. The summed E-state index contributed by atoms with van der Waals surface area (Å²) in [5.74, 6) is -0.296. The van der Waals surface area contributed by atoms with Crippen LogP contribution in [0.1, 0.15) is 28.9 Å². The minimum atomic E-state index is -2.63. The second kappa shape index (κ2) is 6.03. The summed E-state index contributed by atoms with van der Waals surface area (Å²) in [6.07, 6.45) is -2.63. The number of hydrogen-bond donors (Lipinski definition) is 1. The first-order chi connectivity index (χ1) is 9.86. The van der Waals surface area contributed by atoms with Crippen LogP contribution in [0, 0.1) is 20.8 Å². The maximum atomic E-state index is 12.6. The monoisotopic (exact) mass is 293 g/mol. The summed E-state index contributed by atoms with van der Waals surface area (Å²) in [6.45, 7) is 5.38. The number of hydrogen-bond acceptors (Lipinski definition) is 2. The zero-order valence-electron chi connectivity index (χ0n) is 12.2. The molecular formula is C15H17F2N3O. The molecule has 2 aromatic rings. The summed E-state index contributed by atoms with van der Waals surface area (Å²) < 4.78 is 26.4. The summed E-state index contributed by atoms with van der Waals surface area (Å²) in [4.78, 5) is 12.0. The van der Waals surface area contributed by atoms with Gasteiger partial charge < -0.3 is 5.32 Å². The first kappa shape index (κ1) is 15.2. The number of carbonyl (C=O) groups is 1.